The molecular weight excluding hydrogens is 178 g/mol. The first-order valence-corrected chi connectivity index (χ1v) is 4.62. The molecule has 0 saturated carbocycles. The fourth-order valence-corrected chi connectivity index (χ4v) is 1.31. The number of nitrogens with zero attached hydrogens (tertiary/aromatic N) is 4. The zero-order valence-electron chi connectivity index (χ0n) is 8.31. The quantitative estimate of drug-likeness (QED) is 0.761. The fourth-order valence-electron chi connectivity index (χ4n) is 1.31. The summed E-state index contributed by atoms with van der Waals surface area (Å²) in [6, 6.07) is -0.0886. The molecule has 74 valence electrons. The molecule has 0 aliphatic carbocycles. The van der Waals surface area contributed by atoms with Gasteiger partial charge < -0.3 is 5.73 Å². The second-order valence-electron chi connectivity index (χ2n) is 3.29. The van der Waals surface area contributed by atoms with Crippen molar-refractivity contribution in [2.24, 2.45) is 12.8 Å². The lowest BCUT2D eigenvalue weighted by Gasteiger charge is -2.06. The highest BCUT2D eigenvalue weighted by Gasteiger charge is 2.09. The molecule has 5 nitrogen and oxygen atoms in total. The van der Waals surface area contributed by atoms with Gasteiger partial charge in [0.25, 0.3) is 0 Å². The predicted octanol–water partition coefficient (Wildman–Crippen LogP) is 0.773. The van der Waals surface area contributed by atoms with Crippen LogP contribution < -0.4 is 5.73 Å². The summed E-state index contributed by atoms with van der Waals surface area (Å²) < 4.78 is 1.73. The standard InChI is InChI=1S/C9H13N5/c1-3-7(10)8-11-4-6-5-12-14(2)9(6)13-8/h4-5,7H,3,10H2,1-2H3. The van der Waals surface area contributed by atoms with E-state index in [9.17, 15) is 0 Å². The van der Waals surface area contributed by atoms with Crippen LogP contribution in [-0.4, -0.2) is 19.7 Å². The van der Waals surface area contributed by atoms with Gasteiger partial charge in [-0.1, -0.05) is 6.92 Å². The third kappa shape index (κ3) is 1.35. The van der Waals surface area contributed by atoms with E-state index in [1.54, 1.807) is 17.1 Å². The number of nitrogens with two attached hydrogens (primary N) is 1. The lowest BCUT2D eigenvalue weighted by molar-refractivity contribution is 0.648. The van der Waals surface area contributed by atoms with E-state index in [0.717, 1.165) is 17.5 Å². The van der Waals surface area contributed by atoms with Crippen LogP contribution in [-0.2, 0) is 7.05 Å². The van der Waals surface area contributed by atoms with Gasteiger partial charge in [0, 0.05) is 13.2 Å². The normalized spacial score (nSPS) is 13.4. The van der Waals surface area contributed by atoms with Gasteiger partial charge in [0.1, 0.15) is 5.82 Å². The smallest absolute Gasteiger partial charge is 0.161 e. The van der Waals surface area contributed by atoms with Crippen LogP contribution in [0.25, 0.3) is 11.0 Å². The van der Waals surface area contributed by atoms with Crippen LogP contribution in [0.5, 0.6) is 0 Å². The van der Waals surface area contributed by atoms with Gasteiger partial charge in [0.2, 0.25) is 0 Å². The largest absolute Gasteiger partial charge is 0.321 e. The van der Waals surface area contributed by atoms with Crippen LogP contribution in [0.15, 0.2) is 12.4 Å². The minimum atomic E-state index is -0.0886. The molecule has 0 bridgehead atoms. The minimum absolute atomic E-state index is 0.0886. The van der Waals surface area contributed by atoms with Gasteiger partial charge in [-0.25, -0.2) is 9.97 Å². The number of fused-ring (bicyclic) bond motifs is 1. The average molecular weight is 191 g/mol. The summed E-state index contributed by atoms with van der Waals surface area (Å²) in [4.78, 5) is 8.57. The Hall–Kier alpha value is -1.49. The maximum absolute atomic E-state index is 5.85. The van der Waals surface area contributed by atoms with E-state index in [0.29, 0.717) is 5.82 Å². The van der Waals surface area contributed by atoms with Crippen LogP contribution >= 0.6 is 0 Å². The molecule has 1 atom stereocenters. The molecule has 0 radical (unpaired) electrons. The van der Waals surface area contributed by atoms with Gasteiger partial charge in [0.05, 0.1) is 17.6 Å². The Morgan fingerprint density at radius 2 is 2.29 bits per heavy atom. The minimum Gasteiger partial charge on any atom is -0.321 e. The summed E-state index contributed by atoms with van der Waals surface area (Å²) in [5, 5.41) is 5.04. The maximum atomic E-state index is 5.85. The first-order valence-electron chi connectivity index (χ1n) is 4.62. The average Bonchev–Trinajstić information content (AvgIpc) is 2.59. The molecule has 0 aromatic carbocycles. The number of rotatable bonds is 2. The molecule has 2 heterocycles. The van der Waals surface area contributed by atoms with Crippen molar-refractivity contribution in [3.63, 3.8) is 0 Å². The Bertz CT molecular complexity index is 447. The van der Waals surface area contributed by atoms with Crippen molar-refractivity contribution in [1.82, 2.24) is 19.7 Å². The monoisotopic (exact) mass is 191 g/mol. The summed E-state index contributed by atoms with van der Waals surface area (Å²) in [5.41, 5.74) is 6.68. The highest BCUT2D eigenvalue weighted by atomic mass is 15.3. The van der Waals surface area contributed by atoms with Gasteiger partial charge >= 0.3 is 0 Å². The maximum Gasteiger partial charge on any atom is 0.161 e. The van der Waals surface area contributed by atoms with Crippen LogP contribution in [0.1, 0.15) is 25.2 Å². The zero-order chi connectivity index (χ0) is 10.1. The van der Waals surface area contributed by atoms with E-state index < -0.39 is 0 Å². The number of aromatic nitrogens is 4. The molecule has 2 aromatic rings. The van der Waals surface area contributed by atoms with Crippen molar-refractivity contribution in [2.45, 2.75) is 19.4 Å². The summed E-state index contributed by atoms with van der Waals surface area (Å²) in [6.45, 7) is 2.02. The van der Waals surface area contributed by atoms with Crippen molar-refractivity contribution >= 4 is 11.0 Å². The molecule has 2 aromatic heterocycles. The molecule has 2 rings (SSSR count). The summed E-state index contributed by atoms with van der Waals surface area (Å²) in [6.07, 6.45) is 4.35. The molecule has 0 spiro atoms. The zero-order valence-corrected chi connectivity index (χ0v) is 8.31. The van der Waals surface area contributed by atoms with E-state index in [4.69, 9.17) is 5.73 Å². The van der Waals surface area contributed by atoms with Gasteiger partial charge in [-0.3, -0.25) is 4.68 Å². The summed E-state index contributed by atoms with van der Waals surface area (Å²) in [7, 11) is 1.86. The molecule has 14 heavy (non-hydrogen) atoms. The Labute approximate surface area is 82.0 Å². The third-order valence-corrected chi connectivity index (χ3v) is 2.26. The van der Waals surface area contributed by atoms with E-state index in [-0.39, 0.29) is 6.04 Å². The van der Waals surface area contributed by atoms with Gasteiger partial charge in [-0.2, -0.15) is 5.10 Å². The molecule has 0 aliphatic rings. The lowest BCUT2D eigenvalue weighted by Crippen LogP contribution is -2.13. The first-order chi connectivity index (χ1) is 6.72. The van der Waals surface area contributed by atoms with E-state index in [1.807, 2.05) is 14.0 Å². The summed E-state index contributed by atoms with van der Waals surface area (Å²) >= 11 is 0. The van der Waals surface area contributed by atoms with Crippen LogP contribution in [0, 0.1) is 0 Å². The van der Waals surface area contributed by atoms with E-state index in [1.165, 1.54) is 0 Å². The highest BCUT2D eigenvalue weighted by Crippen LogP contribution is 2.13. The summed E-state index contributed by atoms with van der Waals surface area (Å²) in [5.74, 6) is 0.684. The third-order valence-electron chi connectivity index (χ3n) is 2.26. The second-order valence-corrected chi connectivity index (χ2v) is 3.29. The second kappa shape index (κ2) is 3.34. The first kappa shape index (κ1) is 9.08. The Morgan fingerprint density at radius 3 is 3.00 bits per heavy atom. The number of hydrogen-bond acceptors (Lipinski definition) is 4. The molecule has 0 aliphatic heterocycles. The topological polar surface area (TPSA) is 69.6 Å². The molecular formula is C9H13N5. The number of aryl methyl sites for hydroxylation is 1. The van der Waals surface area contributed by atoms with Crippen molar-refractivity contribution in [3.05, 3.63) is 18.2 Å². The Kier molecular flexibility index (Phi) is 2.17. The SMILES string of the molecule is CCC(N)c1ncc2cnn(C)c2n1. The molecule has 0 amide bonds. The molecule has 0 saturated heterocycles. The lowest BCUT2D eigenvalue weighted by atomic mass is 10.2. The predicted molar refractivity (Wildman–Crippen MR) is 53.5 cm³/mol. The van der Waals surface area contributed by atoms with Crippen molar-refractivity contribution in [2.75, 3.05) is 0 Å². The fraction of sp³-hybridized carbons (Fsp3) is 0.444. The van der Waals surface area contributed by atoms with Crippen molar-refractivity contribution in [3.8, 4) is 0 Å². The van der Waals surface area contributed by atoms with Crippen molar-refractivity contribution in [1.29, 1.82) is 0 Å². The van der Waals surface area contributed by atoms with Crippen LogP contribution in [0.2, 0.25) is 0 Å². The van der Waals surface area contributed by atoms with Crippen LogP contribution in [0.3, 0.4) is 0 Å². The highest BCUT2D eigenvalue weighted by molar-refractivity contribution is 5.73. The Balaban J connectivity index is 2.54. The van der Waals surface area contributed by atoms with Crippen LogP contribution in [0.4, 0.5) is 0 Å². The molecule has 5 heteroatoms. The number of hydrogen-bond donors (Lipinski definition) is 1. The van der Waals surface area contributed by atoms with E-state index >= 15 is 0 Å². The van der Waals surface area contributed by atoms with Gasteiger partial charge in [-0.05, 0) is 6.42 Å². The molecule has 1 unspecified atom stereocenters. The van der Waals surface area contributed by atoms with Gasteiger partial charge in [-0.15, -0.1) is 0 Å². The van der Waals surface area contributed by atoms with Crippen molar-refractivity contribution < 1.29 is 0 Å². The Morgan fingerprint density at radius 1 is 1.50 bits per heavy atom. The molecule has 2 N–H and O–H groups in total. The van der Waals surface area contributed by atoms with Gasteiger partial charge in [0.15, 0.2) is 5.65 Å². The molecule has 0 fully saturated rings. The van der Waals surface area contributed by atoms with E-state index in [2.05, 4.69) is 15.1 Å².